The molecule has 0 saturated heterocycles. The van der Waals surface area contributed by atoms with E-state index in [-0.39, 0.29) is 6.67 Å². The van der Waals surface area contributed by atoms with E-state index in [1.807, 2.05) is 22.9 Å². The second-order valence-corrected chi connectivity index (χ2v) is 2.81. The summed E-state index contributed by atoms with van der Waals surface area (Å²) in [6, 6.07) is 3.72. The van der Waals surface area contributed by atoms with Crippen LogP contribution in [0.1, 0.15) is 12.8 Å². The van der Waals surface area contributed by atoms with E-state index >= 15 is 0 Å². The zero-order valence-corrected chi connectivity index (χ0v) is 7.02. The van der Waals surface area contributed by atoms with E-state index in [1.54, 1.807) is 0 Å². The number of aryl methyl sites for hydroxylation is 1. The molecular weight excluding hydrogens is 165 g/mol. The summed E-state index contributed by atoms with van der Waals surface area (Å²) >= 11 is 5.79. The van der Waals surface area contributed by atoms with Crippen LogP contribution in [0.25, 0.3) is 0 Å². The van der Waals surface area contributed by atoms with Gasteiger partial charge in [-0.2, -0.15) is 0 Å². The first-order chi connectivity index (χ1) is 5.34. The molecule has 1 nitrogen and oxygen atoms in total. The van der Waals surface area contributed by atoms with Crippen molar-refractivity contribution in [3.63, 3.8) is 0 Å². The summed E-state index contributed by atoms with van der Waals surface area (Å²) in [5, 5.41) is 0.726. The van der Waals surface area contributed by atoms with Crippen molar-refractivity contribution in [2.24, 2.45) is 0 Å². The van der Waals surface area contributed by atoms with Crippen molar-refractivity contribution in [1.29, 1.82) is 0 Å². The van der Waals surface area contributed by atoms with Gasteiger partial charge in [0, 0.05) is 12.7 Å². The van der Waals surface area contributed by atoms with Crippen LogP contribution in [0.3, 0.4) is 0 Å². The fourth-order valence-electron chi connectivity index (χ4n) is 0.951. The quantitative estimate of drug-likeness (QED) is 0.621. The Morgan fingerprint density at radius 2 is 2.27 bits per heavy atom. The van der Waals surface area contributed by atoms with Gasteiger partial charge < -0.3 is 4.57 Å². The topological polar surface area (TPSA) is 4.93 Å². The van der Waals surface area contributed by atoms with E-state index < -0.39 is 0 Å². The summed E-state index contributed by atoms with van der Waals surface area (Å²) in [4.78, 5) is 0. The van der Waals surface area contributed by atoms with Gasteiger partial charge in [-0.05, 0) is 25.0 Å². The molecule has 62 valence electrons. The van der Waals surface area contributed by atoms with Crippen molar-refractivity contribution in [3.05, 3.63) is 23.5 Å². The van der Waals surface area contributed by atoms with Gasteiger partial charge in [-0.3, -0.25) is 4.39 Å². The number of rotatable bonds is 4. The van der Waals surface area contributed by atoms with Crippen LogP contribution in [0.2, 0.25) is 5.15 Å². The van der Waals surface area contributed by atoms with Gasteiger partial charge >= 0.3 is 0 Å². The van der Waals surface area contributed by atoms with Crippen LogP contribution < -0.4 is 0 Å². The summed E-state index contributed by atoms with van der Waals surface area (Å²) in [6.07, 6.45) is 3.37. The monoisotopic (exact) mass is 175 g/mol. The number of unbranched alkanes of at least 4 members (excludes halogenated alkanes) is 1. The fraction of sp³-hybridized carbons (Fsp3) is 0.500. The molecule has 0 aliphatic heterocycles. The SMILES string of the molecule is FCCCCn1cccc1Cl. The molecule has 0 aromatic carbocycles. The Balaban J connectivity index is 2.32. The molecule has 0 saturated carbocycles. The summed E-state index contributed by atoms with van der Waals surface area (Å²) in [5.41, 5.74) is 0. The third-order valence-corrected chi connectivity index (χ3v) is 1.90. The minimum absolute atomic E-state index is 0.237. The predicted octanol–water partition coefficient (Wildman–Crippen LogP) is 2.89. The van der Waals surface area contributed by atoms with E-state index in [9.17, 15) is 4.39 Å². The van der Waals surface area contributed by atoms with Gasteiger partial charge in [0.1, 0.15) is 5.15 Å². The lowest BCUT2D eigenvalue weighted by molar-refractivity contribution is 0.448. The van der Waals surface area contributed by atoms with Gasteiger partial charge in [-0.1, -0.05) is 11.6 Å². The molecule has 0 amide bonds. The minimum Gasteiger partial charge on any atom is -0.339 e. The van der Waals surface area contributed by atoms with Crippen molar-refractivity contribution in [3.8, 4) is 0 Å². The highest BCUT2D eigenvalue weighted by molar-refractivity contribution is 6.29. The second-order valence-electron chi connectivity index (χ2n) is 2.42. The van der Waals surface area contributed by atoms with Gasteiger partial charge in [-0.25, -0.2) is 0 Å². The third-order valence-electron chi connectivity index (χ3n) is 1.56. The van der Waals surface area contributed by atoms with Gasteiger partial charge in [0.15, 0.2) is 0 Å². The molecule has 11 heavy (non-hydrogen) atoms. The van der Waals surface area contributed by atoms with Gasteiger partial charge in [-0.15, -0.1) is 0 Å². The molecular formula is C8H11ClFN. The first-order valence-electron chi connectivity index (χ1n) is 3.71. The Bertz CT molecular complexity index is 210. The third kappa shape index (κ3) is 2.54. The largest absolute Gasteiger partial charge is 0.339 e. The predicted molar refractivity (Wildman–Crippen MR) is 44.7 cm³/mol. The number of alkyl halides is 1. The van der Waals surface area contributed by atoms with Crippen molar-refractivity contribution in [2.45, 2.75) is 19.4 Å². The molecule has 0 bridgehead atoms. The lowest BCUT2D eigenvalue weighted by Gasteiger charge is -2.01. The van der Waals surface area contributed by atoms with Gasteiger partial charge in [0.2, 0.25) is 0 Å². The van der Waals surface area contributed by atoms with E-state index in [2.05, 4.69) is 0 Å². The smallest absolute Gasteiger partial charge is 0.108 e. The lowest BCUT2D eigenvalue weighted by atomic mass is 10.3. The van der Waals surface area contributed by atoms with Crippen LogP contribution in [0.5, 0.6) is 0 Å². The summed E-state index contributed by atoms with van der Waals surface area (Å²) in [5.74, 6) is 0. The fourth-order valence-corrected chi connectivity index (χ4v) is 1.16. The first kappa shape index (κ1) is 8.60. The summed E-state index contributed by atoms with van der Waals surface area (Å²) < 4.78 is 13.6. The average molecular weight is 176 g/mol. The van der Waals surface area contributed by atoms with Crippen LogP contribution in [0, 0.1) is 0 Å². The zero-order chi connectivity index (χ0) is 8.10. The summed E-state index contributed by atoms with van der Waals surface area (Å²) in [6.45, 7) is 0.578. The Kier molecular flexibility index (Phi) is 3.43. The molecule has 0 radical (unpaired) electrons. The molecule has 0 N–H and O–H groups in total. The number of hydrogen-bond donors (Lipinski definition) is 0. The van der Waals surface area contributed by atoms with E-state index in [0.29, 0.717) is 6.42 Å². The minimum atomic E-state index is -0.237. The molecule has 1 heterocycles. The van der Waals surface area contributed by atoms with Crippen LogP contribution in [0.4, 0.5) is 4.39 Å². The molecule has 0 aliphatic carbocycles. The average Bonchev–Trinajstić information content (AvgIpc) is 2.37. The Morgan fingerprint density at radius 1 is 1.45 bits per heavy atom. The van der Waals surface area contributed by atoms with Crippen LogP contribution in [-0.4, -0.2) is 11.2 Å². The van der Waals surface area contributed by atoms with E-state index in [0.717, 1.165) is 18.1 Å². The Hall–Kier alpha value is -0.500. The van der Waals surface area contributed by atoms with Gasteiger partial charge in [0.05, 0.1) is 6.67 Å². The second kappa shape index (κ2) is 4.39. The highest BCUT2D eigenvalue weighted by Gasteiger charge is 1.95. The zero-order valence-electron chi connectivity index (χ0n) is 6.26. The van der Waals surface area contributed by atoms with Crippen molar-refractivity contribution >= 4 is 11.6 Å². The van der Waals surface area contributed by atoms with Crippen molar-refractivity contribution in [2.75, 3.05) is 6.67 Å². The molecule has 1 aromatic heterocycles. The van der Waals surface area contributed by atoms with Gasteiger partial charge in [0.25, 0.3) is 0 Å². The summed E-state index contributed by atoms with van der Waals surface area (Å²) in [7, 11) is 0. The molecule has 0 fully saturated rings. The molecule has 1 aromatic rings. The standard InChI is InChI=1S/C8H11ClFN/c9-8-4-3-7-11(8)6-2-1-5-10/h3-4,7H,1-2,5-6H2. The van der Waals surface area contributed by atoms with Crippen LogP contribution in [-0.2, 0) is 6.54 Å². The number of nitrogens with zero attached hydrogens (tertiary/aromatic N) is 1. The van der Waals surface area contributed by atoms with E-state index in [1.165, 1.54) is 0 Å². The normalized spacial score (nSPS) is 10.4. The molecule has 3 heteroatoms. The highest BCUT2D eigenvalue weighted by Crippen LogP contribution is 2.10. The first-order valence-corrected chi connectivity index (χ1v) is 4.09. The molecule has 0 unspecified atom stereocenters. The maximum absolute atomic E-state index is 11.7. The highest BCUT2D eigenvalue weighted by atomic mass is 35.5. The van der Waals surface area contributed by atoms with Crippen molar-refractivity contribution in [1.82, 2.24) is 4.57 Å². The number of aromatic nitrogens is 1. The molecule has 0 aliphatic rings. The Morgan fingerprint density at radius 3 is 2.82 bits per heavy atom. The Labute approximate surface area is 70.8 Å². The number of hydrogen-bond acceptors (Lipinski definition) is 0. The van der Waals surface area contributed by atoms with E-state index in [4.69, 9.17) is 11.6 Å². The van der Waals surface area contributed by atoms with Crippen molar-refractivity contribution < 1.29 is 4.39 Å². The van der Waals surface area contributed by atoms with Crippen LogP contribution in [0.15, 0.2) is 18.3 Å². The molecule has 0 spiro atoms. The maximum atomic E-state index is 11.7. The molecule has 0 atom stereocenters. The maximum Gasteiger partial charge on any atom is 0.108 e. The molecule has 1 rings (SSSR count). The lowest BCUT2D eigenvalue weighted by Crippen LogP contribution is -1.95. The van der Waals surface area contributed by atoms with Crippen LogP contribution >= 0.6 is 11.6 Å². The number of halogens is 2.